The third-order valence-corrected chi connectivity index (χ3v) is 7.21. The minimum absolute atomic E-state index is 0.109. The minimum atomic E-state index is -4.60. The molecular formula is C21H23F4N3O5S. The molecule has 8 nitrogen and oxygen atoms in total. The fraction of sp³-hybridized carbons (Fsp3) is 0.381. The number of anilines is 1. The van der Waals surface area contributed by atoms with Gasteiger partial charge in [-0.1, -0.05) is 30.3 Å². The maximum Gasteiger partial charge on any atom is 0.461 e. The van der Waals surface area contributed by atoms with Crippen LogP contribution < -0.4 is 9.64 Å². The fourth-order valence-corrected chi connectivity index (χ4v) is 5.20. The maximum atomic E-state index is 13.0. The highest BCUT2D eigenvalue weighted by Gasteiger charge is 2.44. The van der Waals surface area contributed by atoms with Gasteiger partial charge in [0.2, 0.25) is 16.4 Å². The second kappa shape index (κ2) is 10.6. The van der Waals surface area contributed by atoms with Gasteiger partial charge >= 0.3 is 12.5 Å². The molecule has 3 rings (SSSR count). The van der Waals surface area contributed by atoms with E-state index in [0.717, 1.165) is 12.1 Å². The summed E-state index contributed by atoms with van der Waals surface area (Å²) in [5.41, 5.74) is 1.04. The van der Waals surface area contributed by atoms with Crippen LogP contribution in [-0.4, -0.2) is 73.9 Å². The number of amides is 1. The molecule has 1 aliphatic heterocycles. The largest absolute Gasteiger partial charge is 0.461 e. The quantitative estimate of drug-likeness (QED) is 0.231. The van der Waals surface area contributed by atoms with Crippen LogP contribution in [0.2, 0.25) is 0 Å². The van der Waals surface area contributed by atoms with Crippen LogP contribution in [0.3, 0.4) is 0 Å². The molecule has 1 N–H and O–H groups in total. The zero-order valence-electron chi connectivity index (χ0n) is 17.8. The average Bonchev–Trinajstić information content (AvgIpc) is 2.83. The van der Waals surface area contributed by atoms with Crippen molar-refractivity contribution in [3.63, 3.8) is 0 Å². The van der Waals surface area contributed by atoms with Gasteiger partial charge in [-0.3, -0.25) is 10.0 Å². The number of sulfonamides is 1. The first kappa shape index (κ1) is 25.7. The number of hydrogen-bond acceptors (Lipinski definition) is 6. The predicted molar refractivity (Wildman–Crippen MR) is 114 cm³/mol. The highest BCUT2D eigenvalue weighted by atomic mass is 32.2. The highest BCUT2D eigenvalue weighted by Crippen LogP contribution is 2.29. The summed E-state index contributed by atoms with van der Waals surface area (Å²) in [7, 11) is -3.85. The van der Waals surface area contributed by atoms with Crippen LogP contribution in [0.15, 0.2) is 54.6 Å². The first-order valence-electron chi connectivity index (χ1n) is 10.2. The third kappa shape index (κ3) is 6.15. The third-order valence-electron chi connectivity index (χ3n) is 5.32. The van der Waals surface area contributed by atoms with Crippen molar-refractivity contribution in [3.05, 3.63) is 60.2 Å². The zero-order valence-corrected chi connectivity index (χ0v) is 18.6. The van der Waals surface area contributed by atoms with Crippen molar-refractivity contribution in [1.29, 1.82) is 0 Å². The second-order valence-corrected chi connectivity index (χ2v) is 9.55. The number of hydroxylamine groups is 2. The van der Waals surface area contributed by atoms with Crippen LogP contribution in [0.4, 0.5) is 23.2 Å². The Morgan fingerprint density at radius 2 is 1.62 bits per heavy atom. The molecule has 1 aliphatic rings. The van der Waals surface area contributed by atoms with Gasteiger partial charge in [-0.25, -0.2) is 13.5 Å². The van der Waals surface area contributed by atoms with Gasteiger partial charge in [-0.05, 0) is 29.8 Å². The molecule has 1 saturated heterocycles. The fourth-order valence-electron chi connectivity index (χ4n) is 3.53. The number of piperazine rings is 1. The molecule has 0 spiro atoms. The van der Waals surface area contributed by atoms with Gasteiger partial charge < -0.3 is 9.64 Å². The topological polar surface area (TPSA) is 90.4 Å². The van der Waals surface area contributed by atoms with Gasteiger partial charge in [0.15, 0.2) is 0 Å². The number of carbonyl (C=O) groups excluding carboxylic acids is 1. The van der Waals surface area contributed by atoms with E-state index in [4.69, 9.17) is 0 Å². The number of hydrogen-bond donors (Lipinski definition) is 1. The Bertz CT molecular complexity index is 1050. The first-order valence-corrected chi connectivity index (χ1v) is 11.8. The van der Waals surface area contributed by atoms with Crippen LogP contribution >= 0.6 is 0 Å². The van der Waals surface area contributed by atoms with E-state index >= 15 is 0 Å². The van der Waals surface area contributed by atoms with Crippen molar-refractivity contribution in [3.8, 4) is 5.75 Å². The molecule has 0 aromatic heterocycles. The summed E-state index contributed by atoms with van der Waals surface area (Å²) >= 11 is 0. The van der Waals surface area contributed by atoms with E-state index in [0.29, 0.717) is 16.3 Å². The lowest BCUT2D eigenvalue weighted by atomic mass is 10.1. The lowest BCUT2D eigenvalue weighted by Gasteiger charge is -2.36. The molecule has 1 unspecified atom stereocenters. The number of benzene rings is 2. The summed E-state index contributed by atoms with van der Waals surface area (Å²) in [6.45, 7) is 0.772. The van der Waals surface area contributed by atoms with Crippen molar-refractivity contribution in [2.45, 2.75) is 18.6 Å². The van der Waals surface area contributed by atoms with Crippen molar-refractivity contribution < 1.29 is 40.7 Å². The van der Waals surface area contributed by atoms with Crippen LogP contribution in [0, 0.1) is 0 Å². The van der Waals surface area contributed by atoms with Gasteiger partial charge in [-0.15, -0.1) is 0 Å². The van der Waals surface area contributed by atoms with E-state index in [-0.39, 0.29) is 32.6 Å². The van der Waals surface area contributed by atoms with E-state index in [9.17, 15) is 36.0 Å². The van der Waals surface area contributed by atoms with E-state index < -0.39 is 40.1 Å². The molecule has 2 aromatic rings. The van der Waals surface area contributed by atoms with Crippen molar-refractivity contribution in [2.24, 2.45) is 0 Å². The van der Waals surface area contributed by atoms with E-state index in [1.807, 2.05) is 0 Å². The SMILES string of the molecule is O=CN(O)C(CS(=O)(=O)N1CCN(c2ccc(OC(F)(F)C(F)F)cc2)CC1)c1ccccc1. The van der Waals surface area contributed by atoms with Crippen LogP contribution in [0.5, 0.6) is 5.75 Å². The maximum absolute atomic E-state index is 13.0. The Balaban J connectivity index is 1.62. The molecule has 1 amide bonds. The van der Waals surface area contributed by atoms with Crippen LogP contribution in [-0.2, 0) is 14.8 Å². The summed E-state index contributed by atoms with van der Waals surface area (Å²) in [5, 5.41) is 10.2. The molecular weight excluding hydrogens is 482 g/mol. The summed E-state index contributed by atoms with van der Waals surface area (Å²) in [6.07, 6.45) is -8.42. The molecule has 0 bridgehead atoms. The number of halogens is 4. The Morgan fingerprint density at radius 1 is 1.03 bits per heavy atom. The predicted octanol–water partition coefficient (Wildman–Crippen LogP) is 2.96. The zero-order chi connectivity index (χ0) is 24.9. The Labute approximate surface area is 193 Å². The van der Waals surface area contributed by atoms with Gasteiger partial charge in [-0.2, -0.15) is 21.9 Å². The van der Waals surface area contributed by atoms with Gasteiger partial charge in [0.25, 0.3) is 0 Å². The van der Waals surface area contributed by atoms with Gasteiger partial charge in [0, 0.05) is 31.9 Å². The lowest BCUT2D eigenvalue weighted by Crippen LogP contribution is -2.50. The summed E-state index contributed by atoms with van der Waals surface area (Å²) in [4.78, 5) is 12.9. The Hall–Kier alpha value is -2.90. The highest BCUT2D eigenvalue weighted by molar-refractivity contribution is 7.89. The van der Waals surface area contributed by atoms with Gasteiger partial charge in [0.1, 0.15) is 5.75 Å². The standard InChI is InChI=1S/C21H23F4N3O5S/c22-20(23)21(24,25)33-18-8-6-17(7-9-18)26-10-12-27(13-11-26)34(31,32)14-19(28(30)15-29)16-4-2-1-3-5-16/h1-9,15,19-20,30H,10-14H2. The minimum Gasteiger partial charge on any atom is -0.428 e. The monoisotopic (exact) mass is 505 g/mol. The summed E-state index contributed by atoms with van der Waals surface area (Å²) in [6, 6.07) is 12.3. The molecule has 1 heterocycles. The molecule has 2 aromatic carbocycles. The molecule has 13 heteroatoms. The molecule has 1 atom stereocenters. The molecule has 0 aliphatic carbocycles. The summed E-state index contributed by atoms with van der Waals surface area (Å²) in [5.74, 6) is -0.942. The van der Waals surface area contributed by atoms with E-state index in [2.05, 4.69) is 4.74 Å². The number of alkyl halides is 4. The van der Waals surface area contributed by atoms with Gasteiger partial charge in [0.05, 0.1) is 11.8 Å². The smallest absolute Gasteiger partial charge is 0.428 e. The van der Waals surface area contributed by atoms with Crippen molar-refractivity contribution in [2.75, 3.05) is 36.8 Å². The molecule has 34 heavy (non-hydrogen) atoms. The van der Waals surface area contributed by atoms with Crippen molar-refractivity contribution in [1.82, 2.24) is 9.37 Å². The molecule has 186 valence electrons. The van der Waals surface area contributed by atoms with Crippen molar-refractivity contribution >= 4 is 22.1 Å². The van der Waals surface area contributed by atoms with E-state index in [1.165, 1.54) is 16.4 Å². The number of rotatable bonds is 10. The first-order chi connectivity index (χ1) is 16.0. The molecule has 1 fully saturated rings. The van der Waals surface area contributed by atoms with E-state index in [1.54, 1.807) is 35.2 Å². The number of carbonyl (C=O) groups is 1. The van der Waals surface area contributed by atoms with Crippen LogP contribution in [0.25, 0.3) is 0 Å². The Morgan fingerprint density at radius 3 is 2.15 bits per heavy atom. The number of ether oxygens (including phenoxy) is 1. The molecule has 0 radical (unpaired) electrons. The second-order valence-electron chi connectivity index (χ2n) is 7.54. The normalized spacial score (nSPS) is 16.4. The van der Waals surface area contributed by atoms with Crippen LogP contribution in [0.1, 0.15) is 11.6 Å². The molecule has 0 saturated carbocycles. The number of nitrogens with zero attached hydrogens (tertiary/aromatic N) is 3. The Kier molecular flexibility index (Phi) is 8.00. The average molecular weight is 505 g/mol. The summed E-state index contributed by atoms with van der Waals surface area (Å²) < 4.78 is 81.8. The lowest BCUT2D eigenvalue weighted by molar-refractivity contribution is -0.253.